The van der Waals surface area contributed by atoms with Crippen molar-refractivity contribution >= 4 is 47.2 Å². The van der Waals surface area contributed by atoms with E-state index in [0.29, 0.717) is 50.1 Å². The minimum absolute atomic E-state index is 0.0432. The molecule has 1 atom stereocenters. The fourth-order valence-electron chi connectivity index (χ4n) is 9.55. The number of anilines is 1. The first kappa shape index (κ1) is 73.5. The number of carbonyl (C=O) groups excluding carboxylic acids is 6. The lowest BCUT2D eigenvalue weighted by atomic mass is 10.0. The SMILES string of the molecule is C=CC(=O)OCCCCCCCCCCCOc1ccc(OC(=O)c2ccc(C(=O)Oc3ccc(OCCCCCCCCCCCOC(=O)C=C)cc3)c(C(=O)OCCOc3ccc(OC(=O)c4cc([N+](=O)[O-])c(O[C@@H](C)CCCCCC)cc4N)cc3)c2)cc1. The van der Waals surface area contributed by atoms with Crippen molar-refractivity contribution in [3.63, 3.8) is 0 Å². The molecule has 0 saturated carbocycles. The van der Waals surface area contributed by atoms with Gasteiger partial charge in [0.1, 0.15) is 47.7 Å². The van der Waals surface area contributed by atoms with Crippen molar-refractivity contribution in [2.24, 2.45) is 0 Å². The normalized spacial score (nSPS) is 11.1. The summed E-state index contributed by atoms with van der Waals surface area (Å²) in [5, 5.41) is 12.0. The van der Waals surface area contributed by atoms with Crippen molar-refractivity contribution in [2.75, 3.05) is 45.4 Å². The highest BCUT2D eigenvalue weighted by Gasteiger charge is 2.26. The van der Waals surface area contributed by atoms with Crippen LogP contribution >= 0.6 is 0 Å². The van der Waals surface area contributed by atoms with Gasteiger partial charge in [-0.1, -0.05) is 129 Å². The number of nitrogen functional groups attached to an aromatic ring is 1. The van der Waals surface area contributed by atoms with Crippen molar-refractivity contribution in [1.29, 1.82) is 0 Å². The Labute approximate surface area is 540 Å². The largest absolute Gasteiger partial charge is 0.494 e. The maximum absolute atomic E-state index is 13.9. The maximum Gasteiger partial charge on any atom is 0.345 e. The zero-order chi connectivity index (χ0) is 66.1. The second kappa shape index (κ2) is 42.7. The average molecular weight is 1270 g/mol. The molecule has 5 aromatic carbocycles. The van der Waals surface area contributed by atoms with Crippen molar-refractivity contribution < 1.29 is 81.1 Å². The van der Waals surface area contributed by atoms with E-state index in [0.717, 1.165) is 147 Å². The second-order valence-electron chi connectivity index (χ2n) is 22.1. The zero-order valence-corrected chi connectivity index (χ0v) is 53.3. The van der Waals surface area contributed by atoms with Gasteiger partial charge in [-0.15, -0.1) is 0 Å². The van der Waals surface area contributed by atoms with E-state index in [2.05, 4.69) is 20.1 Å². The Morgan fingerprint density at radius 1 is 0.446 bits per heavy atom. The van der Waals surface area contributed by atoms with Gasteiger partial charge >= 0.3 is 41.5 Å². The predicted molar refractivity (Wildman–Crippen MR) is 349 cm³/mol. The third-order valence-corrected chi connectivity index (χ3v) is 14.7. The van der Waals surface area contributed by atoms with Crippen LogP contribution in [0.4, 0.5) is 11.4 Å². The number of ether oxygens (including phenoxy) is 10. The van der Waals surface area contributed by atoms with Crippen molar-refractivity contribution in [2.45, 2.75) is 168 Å². The number of benzene rings is 5. The number of hydrogen-bond donors (Lipinski definition) is 1. The van der Waals surface area contributed by atoms with E-state index in [9.17, 15) is 38.9 Å². The molecule has 92 heavy (non-hydrogen) atoms. The number of nitrogens with two attached hydrogens (primary N) is 1. The number of nitro groups is 1. The number of rotatable bonds is 47. The molecule has 0 amide bonds. The van der Waals surface area contributed by atoms with E-state index < -0.39 is 34.5 Å². The van der Waals surface area contributed by atoms with Gasteiger partial charge in [-0.2, -0.15) is 0 Å². The smallest absolute Gasteiger partial charge is 0.345 e. The van der Waals surface area contributed by atoms with Crippen LogP contribution in [0.3, 0.4) is 0 Å². The Hall–Kier alpha value is -9.20. The fraction of sp³-hybridized carbons (Fsp3) is 0.444. The van der Waals surface area contributed by atoms with Crippen molar-refractivity contribution in [1.82, 2.24) is 0 Å². The van der Waals surface area contributed by atoms with Crippen LogP contribution in [0.5, 0.6) is 40.2 Å². The van der Waals surface area contributed by atoms with E-state index in [1.807, 2.05) is 6.92 Å². The molecule has 0 heterocycles. The Kier molecular flexibility index (Phi) is 34.2. The Morgan fingerprint density at radius 3 is 1.29 bits per heavy atom. The van der Waals surface area contributed by atoms with Crippen LogP contribution in [-0.2, 0) is 23.8 Å². The van der Waals surface area contributed by atoms with Crippen LogP contribution in [0.25, 0.3) is 0 Å². The molecule has 5 rings (SSSR count). The molecule has 0 aliphatic carbocycles. The number of hydrogen-bond acceptors (Lipinski definition) is 19. The van der Waals surface area contributed by atoms with E-state index >= 15 is 0 Å². The van der Waals surface area contributed by atoms with Crippen LogP contribution in [0.1, 0.15) is 203 Å². The third-order valence-electron chi connectivity index (χ3n) is 14.7. The third kappa shape index (κ3) is 28.3. The van der Waals surface area contributed by atoms with Gasteiger partial charge in [0.2, 0.25) is 0 Å². The number of unbranched alkanes of at least 4 members (excludes halogenated alkanes) is 19. The molecular formula is C72H90N2O18. The second-order valence-corrected chi connectivity index (χ2v) is 22.1. The number of carbonyl (C=O) groups is 6. The van der Waals surface area contributed by atoms with Gasteiger partial charge in [0.25, 0.3) is 0 Å². The fourth-order valence-corrected chi connectivity index (χ4v) is 9.55. The highest BCUT2D eigenvalue weighted by molar-refractivity contribution is 6.06. The summed E-state index contributed by atoms with van der Waals surface area (Å²) in [6.45, 7) is 12.2. The minimum atomic E-state index is -0.961. The molecule has 0 spiro atoms. The Bertz CT molecular complexity index is 3110. The van der Waals surface area contributed by atoms with Crippen LogP contribution in [0.15, 0.2) is 128 Å². The van der Waals surface area contributed by atoms with Crippen LogP contribution in [-0.4, -0.2) is 86.5 Å². The summed E-state index contributed by atoms with van der Waals surface area (Å²) in [4.78, 5) is 88.1. The first-order chi connectivity index (χ1) is 44.7. The van der Waals surface area contributed by atoms with Crippen LogP contribution in [0, 0.1) is 10.1 Å². The van der Waals surface area contributed by atoms with Gasteiger partial charge in [0, 0.05) is 24.3 Å². The highest BCUT2D eigenvalue weighted by atomic mass is 16.6. The summed E-state index contributed by atoms with van der Waals surface area (Å²) in [7, 11) is 0. The van der Waals surface area contributed by atoms with Gasteiger partial charge < -0.3 is 53.1 Å². The van der Waals surface area contributed by atoms with Crippen LogP contribution < -0.4 is 38.9 Å². The molecule has 0 fully saturated rings. The summed E-state index contributed by atoms with van der Waals surface area (Å²) < 4.78 is 56.0. The van der Waals surface area contributed by atoms with Crippen molar-refractivity contribution in [3.05, 3.63) is 161 Å². The molecule has 0 radical (unpaired) electrons. The van der Waals surface area contributed by atoms with E-state index in [1.54, 1.807) is 48.5 Å². The van der Waals surface area contributed by atoms with Gasteiger partial charge in [-0.05, 0) is 136 Å². The summed E-state index contributed by atoms with van der Waals surface area (Å²) in [5.74, 6) is -2.43. The lowest BCUT2D eigenvalue weighted by Crippen LogP contribution is -2.19. The lowest BCUT2D eigenvalue weighted by molar-refractivity contribution is -0.386. The number of nitro benzene ring substituents is 1. The van der Waals surface area contributed by atoms with Gasteiger partial charge in [0.15, 0.2) is 5.75 Å². The minimum Gasteiger partial charge on any atom is -0.494 e. The van der Waals surface area contributed by atoms with E-state index in [1.165, 1.54) is 60.7 Å². The molecule has 20 nitrogen and oxygen atoms in total. The molecule has 20 heteroatoms. The van der Waals surface area contributed by atoms with E-state index in [-0.39, 0.29) is 82.2 Å². The number of esters is 6. The highest BCUT2D eigenvalue weighted by Crippen LogP contribution is 2.35. The van der Waals surface area contributed by atoms with Gasteiger partial charge in [-0.25, -0.2) is 28.8 Å². The summed E-state index contributed by atoms with van der Waals surface area (Å²) in [6, 6.07) is 25.1. The van der Waals surface area contributed by atoms with E-state index in [4.69, 9.17) is 53.1 Å². The predicted octanol–water partition coefficient (Wildman–Crippen LogP) is 16.0. The quantitative estimate of drug-likeness (QED) is 0.00554. The molecule has 5 aromatic rings. The average Bonchev–Trinajstić information content (AvgIpc) is 0.951. The lowest BCUT2D eigenvalue weighted by Gasteiger charge is -2.16. The molecule has 0 aliphatic rings. The first-order valence-electron chi connectivity index (χ1n) is 32.2. The summed E-state index contributed by atoms with van der Waals surface area (Å²) in [5.41, 5.74) is 4.97. The molecule has 0 bridgehead atoms. The monoisotopic (exact) mass is 1270 g/mol. The topological polar surface area (TPSA) is 264 Å². The van der Waals surface area contributed by atoms with Gasteiger partial charge in [0.05, 0.1) is 65.4 Å². The molecule has 0 saturated heterocycles. The van der Waals surface area contributed by atoms with Crippen LogP contribution in [0.2, 0.25) is 0 Å². The molecular weight excluding hydrogens is 1180 g/mol. The Balaban J connectivity index is 1.13. The standard InChI is InChI=1S/C72H90N2O18/c1-5-8-9-24-29-53(4)89-66-52-64(73)63(51-65(66)74(81)82)72(80)92-60-41-35-57(36-42-60)85-48-49-88-70(78)62-50-54(69(77)90-58-37-31-55(32-38-58)83-44-25-20-16-12-10-14-18-22-27-46-86-67(75)6-2)30-43-61(62)71(79)91-59-39-33-56(34-40-59)84-45-26-21-17-13-11-15-19-23-28-47-87-68(76)7-3/h6-7,30-43,50-53H,2-3,5,8-29,44-49,73H2,1,4H3/t53-/m0/s1. The molecule has 0 aromatic heterocycles. The number of nitrogens with zero attached hydrogens (tertiary/aromatic N) is 1. The molecule has 0 unspecified atom stereocenters. The molecule has 2 N–H and O–H groups in total. The zero-order valence-electron chi connectivity index (χ0n) is 53.3. The Morgan fingerprint density at radius 2 is 0.848 bits per heavy atom. The first-order valence-corrected chi connectivity index (χ1v) is 32.2. The summed E-state index contributed by atoms with van der Waals surface area (Å²) in [6.07, 6.45) is 25.6. The molecule has 496 valence electrons. The summed E-state index contributed by atoms with van der Waals surface area (Å²) >= 11 is 0. The maximum atomic E-state index is 13.9. The van der Waals surface area contributed by atoms with Crippen molar-refractivity contribution in [3.8, 4) is 40.2 Å². The molecule has 0 aliphatic heterocycles. The van der Waals surface area contributed by atoms with Gasteiger partial charge in [-0.3, -0.25) is 10.1 Å².